The van der Waals surface area contributed by atoms with Crippen LogP contribution in [0.1, 0.15) is 16.1 Å². The summed E-state index contributed by atoms with van der Waals surface area (Å²) in [5.74, 6) is -0.272. The van der Waals surface area contributed by atoms with E-state index in [1.54, 1.807) is 6.07 Å². The Balaban J connectivity index is 1.66. The first-order valence-electron chi connectivity index (χ1n) is 7.89. The van der Waals surface area contributed by atoms with Crippen molar-refractivity contribution >= 4 is 11.3 Å². The number of hydrogen-bond donors (Lipinski definition) is 1. The van der Waals surface area contributed by atoms with Crippen LogP contribution >= 0.6 is 11.3 Å². The van der Waals surface area contributed by atoms with Gasteiger partial charge in [0.05, 0.1) is 0 Å². The molecule has 1 heterocycles. The third kappa shape index (κ3) is 5.03. The van der Waals surface area contributed by atoms with Crippen molar-refractivity contribution in [3.63, 3.8) is 0 Å². The zero-order valence-electron chi connectivity index (χ0n) is 13.7. The summed E-state index contributed by atoms with van der Waals surface area (Å²) in [5.41, 5.74) is 8.37. The van der Waals surface area contributed by atoms with Gasteiger partial charge >= 0.3 is 6.36 Å². The smallest absolute Gasteiger partial charge is 0.406 e. The van der Waals surface area contributed by atoms with Crippen molar-refractivity contribution in [2.45, 2.75) is 25.7 Å². The molecule has 26 heavy (non-hydrogen) atoms. The van der Waals surface area contributed by atoms with Crippen molar-refractivity contribution < 1.29 is 17.9 Å². The average Bonchev–Trinajstić information content (AvgIpc) is 3.08. The Bertz CT molecular complexity index is 863. The summed E-state index contributed by atoms with van der Waals surface area (Å²) in [6, 6.07) is 13.8. The molecule has 0 aliphatic carbocycles. The van der Waals surface area contributed by atoms with E-state index < -0.39 is 6.36 Å². The molecule has 0 saturated heterocycles. The van der Waals surface area contributed by atoms with E-state index in [1.165, 1.54) is 35.1 Å². The quantitative estimate of drug-likeness (QED) is 0.692. The summed E-state index contributed by atoms with van der Waals surface area (Å²) in [7, 11) is 0. The van der Waals surface area contributed by atoms with E-state index in [0.717, 1.165) is 17.0 Å². The zero-order chi connectivity index (χ0) is 18.6. The molecule has 0 aliphatic heterocycles. The van der Waals surface area contributed by atoms with Crippen LogP contribution in [0.15, 0.2) is 48.5 Å². The Morgan fingerprint density at radius 3 is 2.38 bits per heavy atom. The first-order chi connectivity index (χ1) is 12.4. The third-order valence-electron chi connectivity index (χ3n) is 3.67. The molecule has 3 rings (SSSR count). The maximum atomic E-state index is 12.3. The molecule has 0 fully saturated rings. The van der Waals surface area contributed by atoms with Gasteiger partial charge in [-0.1, -0.05) is 47.7 Å². The van der Waals surface area contributed by atoms with Gasteiger partial charge in [-0.15, -0.1) is 23.4 Å². The predicted molar refractivity (Wildman–Crippen MR) is 93.8 cm³/mol. The molecular formula is C18H16F3N3OS. The summed E-state index contributed by atoms with van der Waals surface area (Å²) in [5, 5.41) is 9.60. The number of halogens is 3. The van der Waals surface area contributed by atoms with Crippen LogP contribution in [0.2, 0.25) is 0 Å². The zero-order valence-corrected chi connectivity index (χ0v) is 14.5. The van der Waals surface area contributed by atoms with Crippen LogP contribution in [-0.4, -0.2) is 16.6 Å². The molecule has 0 bridgehead atoms. The first-order valence-corrected chi connectivity index (χ1v) is 8.71. The monoisotopic (exact) mass is 379 g/mol. The van der Waals surface area contributed by atoms with Crippen LogP contribution in [0, 0.1) is 0 Å². The lowest BCUT2D eigenvalue weighted by Crippen LogP contribution is -2.17. The molecule has 0 unspecified atom stereocenters. The van der Waals surface area contributed by atoms with E-state index in [-0.39, 0.29) is 5.75 Å². The molecule has 2 N–H and O–H groups in total. The normalized spacial score (nSPS) is 11.5. The minimum Gasteiger partial charge on any atom is -0.406 e. The molecule has 3 aromatic rings. The molecule has 0 saturated carbocycles. The third-order valence-corrected chi connectivity index (χ3v) is 4.70. The van der Waals surface area contributed by atoms with Crippen LogP contribution in [0.25, 0.3) is 10.6 Å². The van der Waals surface area contributed by atoms with E-state index in [2.05, 4.69) is 14.9 Å². The number of nitrogens with two attached hydrogens (primary N) is 1. The number of benzene rings is 2. The molecule has 0 radical (unpaired) electrons. The van der Waals surface area contributed by atoms with Gasteiger partial charge < -0.3 is 10.5 Å². The van der Waals surface area contributed by atoms with Gasteiger partial charge in [0.2, 0.25) is 0 Å². The molecular weight excluding hydrogens is 363 g/mol. The Morgan fingerprint density at radius 1 is 0.962 bits per heavy atom. The van der Waals surface area contributed by atoms with Gasteiger partial charge in [-0.2, -0.15) is 0 Å². The maximum Gasteiger partial charge on any atom is 0.573 e. The van der Waals surface area contributed by atoms with Gasteiger partial charge in [-0.3, -0.25) is 0 Å². The van der Waals surface area contributed by atoms with E-state index >= 15 is 0 Å². The first kappa shape index (κ1) is 18.3. The molecule has 0 atom stereocenters. The van der Waals surface area contributed by atoms with Crippen LogP contribution in [0.5, 0.6) is 5.75 Å². The number of aryl methyl sites for hydroxylation is 2. The molecule has 2 aromatic carbocycles. The fraction of sp³-hybridized carbons (Fsp3) is 0.222. The highest BCUT2D eigenvalue weighted by Gasteiger charge is 2.31. The molecule has 0 spiro atoms. The summed E-state index contributed by atoms with van der Waals surface area (Å²) < 4.78 is 40.9. The van der Waals surface area contributed by atoms with Crippen LogP contribution in [-0.2, 0) is 19.4 Å². The van der Waals surface area contributed by atoms with Crippen molar-refractivity contribution in [1.82, 2.24) is 10.2 Å². The van der Waals surface area contributed by atoms with E-state index in [1.807, 2.05) is 24.3 Å². The highest BCUT2D eigenvalue weighted by atomic mass is 32.1. The van der Waals surface area contributed by atoms with Crippen molar-refractivity contribution in [3.05, 3.63) is 64.7 Å². The second kappa shape index (κ2) is 7.84. The second-order valence-corrected chi connectivity index (χ2v) is 6.66. The minimum atomic E-state index is -4.72. The Labute approximate surface area is 152 Å². The minimum absolute atomic E-state index is 0.272. The predicted octanol–water partition coefficient (Wildman–Crippen LogP) is 4.35. The van der Waals surface area contributed by atoms with E-state index in [9.17, 15) is 13.2 Å². The topological polar surface area (TPSA) is 61.0 Å². The van der Waals surface area contributed by atoms with Gasteiger partial charge in [-0.05, 0) is 29.7 Å². The van der Waals surface area contributed by atoms with Gasteiger partial charge in [-0.25, -0.2) is 0 Å². The number of aromatic nitrogens is 2. The Hall–Kier alpha value is -2.45. The summed E-state index contributed by atoms with van der Waals surface area (Å²) in [6.07, 6.45) is -3.21. The molecule has 0 amide bonds. The standard InChI is InChI=1S/C18H16F3N3OS/c19-18(20,21)25-15-3-1-2-14(10-15)17-24-23-16(26-17)9-8-12-4-6-13(11-22)7-5-12/h1-7,10H,8-9,11,22H2. The summed E-state index contributed by atoms with van der Waals surface area (Å²) in [6.45, 7) is 0.511. The van der Waals surface area contributed by atoms with Gasteiger partial charge in [0.25, 0.3) is 0 Å². The summed E-state index contributed by atoms with van der Waals surface area (Å²) >= 11 is 1.36. The highest BCUT2D eigenvalue weighted by Crippen LogP contribution is 2.29. The number of rotatable bonds is 6. The van der Waals surface area contributed by atoms with Crippen molar-refractivity contribution in [2.75, 3.05) is 0 Å². The van der Waals surface area contributed by atoms with Crippen LogP contribution in [0.3, 0.4) is 0 Å². The SMILES string of the molecule is NCc1ccc(CCc2nnc(-c3cccc(OC(F)(F)F)c3)s2)cc1. The molecule has 4 nitrogen and oxygen atoms in total. The molecule has 0 aliphatic rings. The van der Waals surface area contributed by atoms with Crippen LogP contribution in [0.4, 0.5) is 13.2 Å². The number of alkyl halides is 3. The Kier molecular flexibility index (Phi) is 5.53. The van der Waals surface area contributed by atoms with E-state index in [0.29, 0.717) is 23.5 Å². The van der Waals surface area contributed by atoms with Crippen molar-refractivity contribution in [1.29, 1.82) is 0 Å². The van der Waals surface area contributed by atoms with Crippen LogP contribution < -0.4 is 10.5 Å². The largest absolute Gasteiger partial charge is 0.573 e. The molecule has 136 valence electrons. The van der Waals surface area contributed by atoms with Gasteiger partial charge in [0, 0.05) is 18.5 Å². The fourth-order valence-electron chi connectivity index (χ4n) is 2.39. The molecule has 8 heteroatoms. The Morgan fingerprint density at radius 2 is 1.69 bits per heavy atom. The molecule has 1 aromatic heterocycles. The number of ether oxygens (including phenoxy) is 1. The van der Waals surface area contributed by atoms with Crippen molar-refractivity contribution in [3.8, 4) is 16.3 Å². The number of hydrogen-bond acceptors (Lipinski definition) is 5. The van der Waals surface area contributed by atoms with Crippen molar-refractivity contribution in [2.24, 2.45) is 5.73 Å². The van der Waals surface area contributed by atoms with Gasteiger partial charge in [0.15, 0.2) is 0 Å². The second-order valence-electron chi connectivity index (χ2n) is 5.60. The fourth-order valence-corrected chi connectivity index (χ4v) is 3.23. The maximum absolute atomic E-state index is 12.3. The van der Waals surface area contributed by atoms with E-state index in [4.69, 9.17) is 5.73 Å². The highest BCUT2D eigenvalue weighted by molar-refractivity contribution is 7.14. The lowest BCUT2D eigenvalue weighted by atomic mass is 10.1. The number of nitrogens with zero attached hydrogens (tertiary/aromatic N) is 2. The average molecular weight is 379 g/mol. The lowest BCUT2D eigenvalue weighted by Gasteiger charge is -2.08. The lowest BCUT2D eigenvalue weighted by molar-refractivity contribution is -0.274. The van der Waals surface area contributed by atoms with Gasteiger partial charge in [0.1, 0.15) is 15.8 Å². The summed E-state index contributed by atoms with van der Waals surface area (Å²) in [4.78, 5) is 0.